The number of benzene rings is 1. The zero-order valence-corrected chi connectivity index (χ0v) is 20.4. The van der Waals surface area contributed by atoms with Gasteiger partial charge in [-0.2, -0.15) is 0 Å². The molecule has 0 radical (unpaired) electrons. The monoisotopic (exact) mass is 503 g/mol. The van der Waals surface area contributed by atoms with E-state index in [0.717, 1.165) is 0 Å². The Labute approximate surface area is 202 Å². The van der Waals surface area contributed by atoms with E-state index in [9.17, 15) is 14.4 Å². The quantitative estimate of drug-likeness (QED) is 0.338. The number of nitrogens with zero attached hydrogens (tertiary/aromatic N) is 2. The number of halogens is 2. The molecule has 1 fully saturated rings. The molecule has 0 aromatic heterocycles. The van der Waals surface area contributed by atoms with E-state index in [2.05, 4.69) is 5.32 Å². The van der Waals surface area contributed by atoms with E-state index >= 15 is 0 Å². The molecule has 1 aromatic rings. The number of hydrogen-bond acceptors (Lipinski definition) is 10. The number of esters is 3. The highest BCUT2D eigenvalue weighted by Gasteiger charge is 2.55. The predicted molar refractivity (Wildman–Crippen MR) is 121 cm³/mol. The van der Waals surface area contributed by atoms with Gasteiger partial charge in [-0.05, 0) is 26.0 Å². The zero-order chi connectivity index (χ0) is 24.4. The largest absolute Gasteiger partial charge is 0.463 e. The molecule has 5 atom stereocenters. The van der Waals surface area contributed by atoms with Gasteiger partial charge in [0.1, 0.15) is 12.7 Å². The minimum Gasteiger partial charge on any atom is -0.463 e. The molecule has 0 saturated carbocycles. The Morgan fingerprint density at radius 3 is 2.30 bits per heavy atom. The van der Waals surface area contributed by atoms with Crippen LogP contribution in [0, 0.1) is 0 Å². The van der Waals surface area contributed by atoms with Crippen LogP contribution in [0.2, 0.25) is 5.02 Å². The molecule has 0 spiro atoms. The first-order valence-corrected chi connectivity index (χ1v) is 11.1. The fourth-order valence-corrected chi connectivity index (χ4v) is 4.56. The fourth-order valence-electron chi connectivity index (χ4n) is 3.92. The average molecular weight is 504 g/mol. The molecular weight excluding hydrogens is 477 g/mol. The van der Waals surface area contributed by atoms with Crippen molar-refractivity contribution in [3.8, 4) is 0 Å². The van der Waals surface area contributed by atoms with Gasteiger partial charge < -0.3 is 23.8 Å². The van der Waals surface area contributed by atoms with Crippen molar-refractivity contribution in [2.75, 3.05) is 15.9 Å². The van der Waals surface area contributed by atoms with Crippen LogP contribution in [-0.4, -0.2) is 61.4 Å². The first-order chi connectivity index (χ1) is 15.5. The van der Waals surface area contributed by atoms with Crippen molar-refractivity contribution in [2.24, 2.45) is 0 Å². The van der Waals surface area contributed by atoms with E-state index in [1.807, 2.05) is 13.8 Å². The molecule has 1 N–H and O–H groups in total. The second kappa shape index (κ2) is 10.3. The van der Waals surface area contributed by atoms with Gasteiger partial charge in [0, 0.05) is 38.6 Å². The molecular formula is C21H27Cl2N3O7. The van der Waals surface area contributed by atoms with Crippen LogP contribution in [0.1, 0.15) is 34.6 Å². The van der Waals surface area contributed by atoms with E-state index in [0.29, 0.717) is 16.4 Å². The van der Waals surface area contributed by atoms with Crippen molar-refractivity contribution >= 4 is 52.7 Å². The molecule has 1 aromatic carbocycles. The summed E-state index contributed by atoms with van der Waals surface area (Å²) in [5.41, 5.74) is 1.16. The summed E-state index contributed by atoms with van der Waals surface area (Å²) >= 11 is 13.1. The molecule has 0 amide bonds. The molecule has 1 unspecified atom stereocenters. The third-order valence-electron chi connectivity index (χ3n) is 5.03. The van der Waals surface area contributed by atoms with Crippen LogP contribution in [0.5, 0.6) is 0 Å². The van der Waals surface area contributed by atoms with Gasteiger partial charge in [0.05, 0.1) is 16.4 Å². The topological polar surface area (TPSA) is 107 Å². The minimum atomic E-state index is -1.04. The number of para-hydroxylation sites is 1. The average Bonchev–Trinajstić information content (AvgIpc) is 3.15. The number of carbonyl (C=O) groups excluding carboxylic acids is 3. The highest BCUT2D eigenvalue weighted by atomic mass is 35.5. The lowest BCUT2D eigenvalue weighted by Gasteiger charge is -2.37. The van der Waals surface area contributed by atoms with Crippen LogP contribution in [0.25, 0.3) is 0 Å². The van der Waals surface area contributed by atoms with E-state index in [-0.39, 0.29) is 12.6 Å². The molecule has 33 heavy (non-hydrogen) atoms. The van der Waals surface area contributed by atoms with Gasteiger partial charge in [-0.3, -0.25) is 19.7 Å². The number of ether oxygens (including phenoxy) is 4. The van der Waals surface area contributed by atoms with Crippen molar-refractivity contribution in [3.63, 3.8) is 0 Å². The van der Waals surface area contributed by atoms with Crippen molar-refractivity contribution in [1.82, 2.24) is 5.32 Å². The summed E-state index contributed by atoms with van der Waals surface area (Å²) in [6.07, 6.45) is -4.55. The van der Waals surface area contributed by atoms with Gasteiger partial charge in [0.25, 0.3) is 0 Å². The fraction of sp³-hybridized carbons (Fsp3) is 0.571. The summed E-state index contributed by atoms with van der Waals surface area (Å²) in [4.78, 5) is 37.0. The highest BCUT2D eigenvalue weighted by molar-refractivity contribution is 6.38. The smallest absolute Gasteiger partial charge is 0.303 e. The molecule has 10 nitrogen and oxygen atoms in total. The standard InChI is InChI=1S/C21H27Cl2N3O7/c1-10(2)24-21-25(15-8-6-7-14(22)17(15)26(21)23)20-19(32-13(5)29)18(31-12(4)28)16(33-20)9-30-11(3)27/h6-8,10,16,18-21,24H,9H2,1-5H3/t16-,18-,19-,20-,21?/m0/s1. The number of carbonyl (C=O) groups is 3. The number of hydrogen-bond donors (Lipinski definition) is 1. The van der Waals surface area contributed by atoms with Crippen molar-refractivity contribution < 1.29 is 33.3 Å². The lowest BCUT2D eigenvalue weighted by molar-refractivity contribution is -0.165. The Bertz CT molecular complexity index is 916. The number of anilines is 2. The van der Waals surface area contributed by atoms with Gasteiger partial charge in [-0.15, -0.1) is 0 Å². The third-order valence-corrected chi connectivity index (χ3v) is 5.69. The predicted octanol–water partition coefficient (Wildman–Crippen LogP) is 2.55. The summed E-state index contributed by atoms with van der Waals surface area (Å²) in [6, 6.07) is 5.26. The zero-order valence-electron chi connectivity index (χ0n) is 18.9. The van der Waals surface area contributed by atoms with Crippen LogP contribution < -0.4 is 14.6 Å². The molecule has 12 heteroatoms. The first kappa shape index (κ1) is 25.4. The Balaban J connectivity index is 2.07. The van der Waals surface area contributed by atoms with Crippen LogP contribution in [0.15, 0.2) is 18.2 Å². The summed E-state index contributed by atoms with van der Waals surface area (Å²) in [5, 5.41) is 3.75. The highest BCUT2D eigenvalue weighted by Crippen LogP contribution is 2.48. The number of rotatable bonds is 7. The third kappa shape index (κ3) is 5.46. The lowest BCUT2D eigenvalue weighted by Crippen LogP contribution is -2.59. The molecule has 0 aliphatic carbocycles. The number of nitrogens with one attached hydrogen (secondary N) is 1. The van der Waals surface area contributed by atoms with Crippen molar-refractivity contribution in [2.45, 2.75) is 71.5 Å². The second-order valence-electron chi connectivity index (χ2n) is 8.04. The van der Waals surface area contributed by atoms with Crippen LogP contribution in [0.4, 0.5) is 11.4 Å². The van der Waals surface area contributed by atoms with Crippen molar-refractivity contribution in [3.05, 3.63) is 23.2 Å². The molecule has 2 heterocycles. The summed E-state index contributed by atoms with van der Waals surface area (Å²) in [6.45, 7) is 7.41. The Hall–Kier alpha value is -2.27. The van der Waals surface area contributed by atoms with Gasteiger partial charge >= 0.3 is 17.9 Å². The lowest BCUT2D eigenvalue weighted by atomic mass is 10.1. The molecule has 3 rings (SSSR count). The Kier molecular flexibility index (Phi) is 7.94. The van der Waals surface area contributed by atoms with E-state index in [1.165, 1.54) is 25.2 Å². The molecule has 1 saturated heterocycles. The first-order valence-electron chi connectivity index (χ1n) is 10.4. The second-order valence-corrected chi connectivity index (χ2v) is 8.81. The molecule has 0 bridgehead atoms. The van der Waals surface area contributed by atoms with Gasteiger partial charge in [-0.25, -0.2) is 4.42 Å². The molecule has 2 aliphatic heterocycles. The Morgan fingerprint density at radius 1 is 1.09 bits per heavy atom. The SMILES string of the molecule is CC(=O)OC[C@@H]1O[C@H](N2c3cccc(Cl)c3N(Cl)C2NC(C)C)[C@@H](OC(C)=O)[C@H]1OC(C)=O. The molecule has 2 aliphatic rings. The molecule has 182 valence electrons. The van der Waals surface area contributed by atoms with Crippen LogP contribution in [-0.2, 0) is 33.3 Å². The summed E-state index contributed by atoms with van der Waals surface area (Å²) in [7, 11) is 0. The van der Waals surface area contributed by atoms with E-state index < -0.39 is 48.7 Å². The minimum absolute atomic E-state index is 0.00141. The summed E-state index contributed by atoms with van der Waals surface area (Å²) < 4.78 is 23.8. The maximum absolute atomic E-state index is 12.0. The van der Waals surface area contributed by atoms with Crippen LogP contribution >= 0.6 is 23.4 Å². The van der Waals surface area contributed by atoms with Gasteiger partial charge in [0.2, 0.25) is 0 Å². The van der Waals surface area contributed by atoms with Gasteiger partial charge in [-0.1, -0.05) is 17.7 Å². The van der Waals surface area contributed by atoms with Crippen LogP contribution in [0.3, 0.4) is 0 Å². The maximum Gasteiger partial charge on any atom is 0.303 e. The Morgan fingerprint density at radius 2 is 1.73 bits per heavy atom. The number of fused-ring (bicyclic) bond motifs is 1. The van der Waals surface area contributed by atoms with E-state index in [1.54, 1.807) is 23.1 Å². The van der Waals surface area contributed by atoms with Gasteiger partial charge in [0.15, 0.2) is 24.7 Å². The maximum atomic E-state index is 12.0. The van der Waals surface area contributed by atoms with Crippen molar-refractivity contribution in [1.29, 1.82) is 0 Å². The normalized spacial score (nSPS) is 26.4. The summed E-state index contributed by atoms with van der Waals surface area (Å²) in [5.74, 6) is -1.73. The van der Waals surface area contributed by atoms with E-state index in [4.69, 9.17) is 42.3 Å².